The van der Waals surface area contributed by atoms with Crippen LogP contribution >= 0.6 is 0 Å². The van der Waals surface area contributed by atoms with Crippen LogP contribution in [-0.4, -0.2) is 37.6 Å². The molecule has 0 saturated carbocycles. The lowest BCUT2D eigenvalue weighted by Gasteiger charge is -2.35. The molecule has 3 heteroatoms. The molecule has 0 aromatic carbocycles. The zero-order valence-corrected chi connectivity index (χ0v) is 9.45. The van der Waals surface area contributed by atoms with Crippen LogP contribution in [0.3, 0.4) is 0 Å². The molecule has 0 aromatic rings. The normalized spacial score (nSPS) is 28.8. The molecular formula is C11H21NO2. The van der Waals surface area contributed by atoms with Crippen LogP contribution in [0.15, 0.2) is 0 Å². The summed E-state index contributed by atoms with van der Waals surface area (Å²) in [4.78, 5) is 13.7. The minimum atomic E-state index is -0.0285. The van der Waals surface area contributed by atoms with E-state index in [4.69, 9.17) is 4.74 Å². The highest BCUT2D eigenvalue weighted by molar-refractivity contribution is 5.72. The third kappa shape index (κ3) is 2.71. The summed E-state index contributed by atoms with van der Waals surface area (Å²) in [6.07, 6.45) is 4.29. The predicted octanol–water partition coefficient (Wildman–Crippen LogP) is 1.67. The molecule has 0 bridgehead atoms. The highest BCUT2D eigenvalue weighted by Gasteiger charge is 2.30. The van der Waals surface area contributed by atoms with Gasteiger partial charge in [0, 0.05) is 6.04 Å². The second-order valence-corrected chi connectivity index (χ2v) is 4.17. The van der Waals surface area contributed by atoms with Gasteiger partial charge in [0.05, 0.1) is 13.0 Å². The van der Waals surface area contributed by atoms with Crippen molar-refractivity contribution < 1.29 is 9.53 Å². The number of carbonyl (C=O) groups excluding carboxylic acids is 1. The van der Waals surface area contributed by atoms with E-state index in [0.29, 0.717) is 6.04 Å². The van der Waals surface area contributed by atoms with Crippen LogP contribution in [0.4, 0.5) is 0 Å². The van der Waals surface area contributed by atoms with E-state index in [2.05, 4.69) is 18.9 Å². The molecule has 3 nitrogen and oxygen atoms in total. The van der Waals surface area contributed by atoms with Crippen molar-refractivity contribution in [3.63, 3.8) is 0 Å². The van der Waals surface area contributed by atoms with Crippen LogP contribution in [0, 0.1) is 5.92 Å². The molecule has 0 aliphatic carbocycles. The Hall–Kier alpha value is -0.570. The third-order valence-electron chi connectivity index (χ3n) is 3.17. The van der Waals surface area contributed by atoms with Crippen molar-refractivity contribution >= 4 is 5.97 Å². The first-order valence-electron chi connectivity index (χ1n) is 5.47. The summed E-state index contributed by atoms with van der Waals surface area (Å²) in [5, 5.41) is 0. The predicted molar refractivity (Wildman–Crippen MR) is 56.1 cm³/mol. The first kappa shape index (κ1) is 11.5. The van der Waals surface area contributed by atoms with Gasteiger partial charge in [-0.2, -0.15) is 0 Å². The average Bonchev–Trinajstić information content (AvgIpc) is 2.20. The van der Waals surface area contributed by atoms with E-state index in [1.807, 2.05) is 0 Å². The van der Waals surface area contributed by atoms with Crippen molar-refractivity contribution in [1.82, 2.24) is 4.90 Å². The van der Waals surface area contributed by atoms with Crippen LogP contribution in [0.25, 0.3) is 0 Å². The molecule has 14 heavy (non-hydrogen) atoms. The fourth-order valence-corrected chi connectivity index (χ4v) is 2.22. The van der Waals surface area contributed by atoms with Gasteiger partial charge < -0.3 is 9.64 Å². The second kappa shape index (κ2) is 5.35. The van der Waals surface area contributed by atoms with E-state index in [1.54, 1.807) is 0 Å². The Morgan fingerprint density at radius 2 is 2.29 bits per heavy atom. The van der Waals surface area contributed by atoms with Gasteiger partial charge in [-0.3, -0.25) is 4.79 Å². The Balaban J connectivity index is 2.48. The van der Waals surface area contributed by atoms with E-state index in [1.165, 1.54) is 20.0 Å². The van der Waals surface area contributed by atoms with E-state index < -0.39 is 0 Å². The van der Waals surface area contributed by atoms with E-state index in [0.717, 1.165) is 19.4 Å². The maximum absolute atomic E-state index is 11.4. The first-order chi connectivity index (χ1) is 6.69. The Labute approximate surface area is 86.4 Å². The summed E-state index contributed by atoms with van der Waals surface area (Å²) in [6.45, 7) is 3.21. The molecule has 1 aliphatic heterocycles. The Bertz CT molecular complexity index is 194. The van der Waals surface area contributed by atoms with Crippen molar-refractivity contribution in [3.05, 3.63) is 0 Å². The number of nitrogens with zero attached hydrogens (tertiary/aromatic N) is 1. The lowest BCUT2D eigenvalue weighted by atomic mass is 9.89. The lowest BCUT2D eigenvalue weighted by Crippen LogP contribution is -2.42. The average molecular weight is 199 g/mol. The van der Waals surface area contributed by atoms with Crippen molar-refractivity contribution in [3.8, 4) is 0 Å². The summed E-state index contributed by atoms with van der Waals surface area (Å²) >= 11 is 0. The van der Waals surface area contributed by atoms with E-state index >= 15 is 0 Å². The number of esters is 1. The number of likely N-dealkylation sites (tertiary alicyclic amines) is 1. The molecule has 0 spiro atoms. The molecule has 2 atom stereocenters. The molecule has 1 aliphatic rings. The summed E-state index contributed by atoms with van der Waals surface area (Å²) in [5.74, 6) is 0.104. The lowest BCUT2D eigenvalue weighted by molar-refractivity contribution is -0.147. The van der Waals surface area contributed by atoms with Crippen molar-refractivity contribution in [2.75, 3.05) is 20.7 Å². The highest BCUT2D eigenvalue weighted by Crippen LogP contribution is 2.25. The van der Waals surface area contributed by atoms with Gasteiger partial charge in [0.1, 0.15) is 0 Å². The van der Waals surface area contributed by atoms with Gasteiger partial charge in [0.15, 0.2) is 0 Å². The molecule has 2 unspecified atom stereocenters. The third-order valence-corrected chi connectivity index (χ3v) is 3.17. The molecule has 1 heterocycles. The molecule has 0 radical (unpaired) electrons. The number of hydrogen-bond acceptors (Lipinski definition) is 3. The van der Waals surface area contributed by atoms with Crippen LogP contribution < -0.4 is 0 Å². The van der Waals surface area contributed by atoms with Crippen molar-refractivity contribution in [1.29, 1.82) is 0 Å². The number of rotatable bonds is 3. The van der Waals surface area contributed by atoms with Crippen LogP contribution in [0.5, 0.6) is 0 Å². The minimum absolute atomic E-state index is 0.0285. The fraction of sp³-hybridized carbons (Fsp3) is 0.909. The Morgan fingerprint density at radius 1 is 1.57 bits per heavy atom. The number of ether oxygens (including phenoxy) is 1. The van der Waals surface area contributed by atoms with Gasteiger partial charge in [-0.1, -0.05) is 13.3 Å². The SMILES string of the molecule is CCCC1CC(C(=O)OC)CCN1C. The monoisotopic (exact) mass is 199 g/mol. The topological polar surface area (TPSA) is 29.5 Å². The number of hydrogen-bond donors (Lipinski definition) is 0. The molecule has 0 amide bonds. The molecule has 0 aromatic heterocycles. The first-order valence-corrected chi connectivity index (χ1v) is 5.47. The van der Waals surface area contributed by atoms with Crippen LogP contribution in [0.2, 0.25) is 0 Å². The molecule has 1 saturated heterocycles. The van der Waals surface area contributed by atoms with Gasteiger partial charge in [0.2, 0.25) is 0 Å². The summed E-state index contributed by atoms with van der Waals surface area (Å²) in [5.41, 5.74) is 0. The molecular weight excluding hydrogens is 178 g/mol. The zero-order chi connectivity index (χ0) is 10.6. The van der Waals surface area contributed by atoms with Crippen LogP contribution in [-0.2, 0) is 9.53 Å². The largest absolute Gasteiger partial charge is 0.469 e. The Morgan fingerprint density at radius 3 is 2.86 bits per heavy atom. The highest BCUT2D eigenvalue weighted by atomic mass is 16.5. The van der Waals surface area contributed by atoms with Gasteiger partial charge in [0.25, 0.3) is 0 Å². The van der Waals surface area contributed by atoms with Crippen molar-refractivity contribution in [2.24, 2.45) is 5.92 Å². The van der Waals surface area contributed by atoms with Gasteiger partial charge in [-0.25, -0.2) is 0 Å². The summed E-state index contributed by atoms with van der Waals surface area (Å²) in [7, 11) is 3.63. The Kier molecular flexibility index (Phi) is 4.39. The number of piperidine rings is 1. The summed E-state index contributed by atoms with van der Waals surface area (Å²) in [6, 6.07) is 0.567. The standard InChI is InChI=1S/C11H21NO2/c1-4-5-10-8-9(11(13)14-3)6-7-12(10)2/h9-10H,4-8H2,1-3H3. The van der Waals surface area contributed by atoms with Gasteiger partial charge in [-0.05, 0) is 32.9 Å². The van der Waals surface area contributed by atoms with Crippen LogP contribution in [0.1, 0.15) is 32.6 Å². The minimum Gasteiger partial charge on any atom is -0.469 e. The number of methoxy groups -OCH3 is 1. The molecule has 82 valence electrons. The van der Waals surface area contributed by atoms with Gasteiger partial charge in [-0.15, -0.1) is 0 Å². The fourth-order valence-electron chi connectivity index (χ4n) is 2.22. The maximum Gasteiger partial charge on any atom is 0.308 e. The summed E-state index contributed by atoms with van der Waals surface area (Å²) < 4.78 is 4.79. The van der Waals surface area contributed by atoms with Crippen molar-refractivity contribution in [2.45, 2.75) is 38.6 Å². The quantitative estimate of drug-likeness (QED) is 0.648. The maximum atomic E-state index is 11.4. The zero-order valence-electron chi connectivity index (χ0n) is 9.45. The molecule has 0 N–H and O–H groups in total. The van der Waals surface area contributed by atoms with E-state index in [-0.39, 0.29) is 11.9 Å². The smallest absolute Gasteiger partial charge is 0.308 e. The van der Waals surface area contributed by atoms with E-state index in [9.17, 15) is 4.79 Å². The second-order valence-electron chi connectivity index (χ2n) is 4.17. The molecule has 1 fully saturated rings. The van der Waals surface area contributed by atoms with Gasteiger partial charge >= 0.3 is 5.97 Å². The number of carbonyl (C=O) groups is 1. The molecule has 1 rings (SSSR count).